The van der Waals surface area contributed by atoms with Gasteiger partial charge in [0.15, 0.2) is 5.13 Å². The molecule has 0 fully saturated rings. The molecule has 0 saturated carbocycles. The van der Waals surface area contributed by atoms with Crippen LogP contribution >= 0.6 is 54.8 Å². The summed E-state index contributed by atoms with van der Waals surface area (Å²) < 4.78 is 6.22. The predicted molar refractivity (Wildman–Crippen MR) is 83.6 cm³/mol. The van der Waals surface area contributed by atoms with E-state index in [0.29, 0.717) is 15.0 Å². The molecule has 1 heterocycles. The molecule has 0 aliphatic carbocycles. The van der Waals surface area contributed by atoms with E-state index in [-0.39, 0.29) is 0 Å². The lowest BCUT2D eigenvalue weighted by atomic mass is 10.3. The van der Waals surface area contributed by atoms with Crippen LogP contribution in [0.1, 0.15) is 9.67 Å². The van der Waals surface area contributed by atoms with E-state index in [0.717, 1.165) is 14.6 Å². The molecule has 0 radical (unpaired) electrons. The molecular weight excluding hydrogens is 419 g/mol. The molecule has 100 valence electrons. The minimum absolute atomic E-state index is 0.403. The molecule has 0 amide bonds. The number of methoxy groups -OCH3 is 1. The van der Waals surface area contributed by atoms with Crippen molar-refractivity contribution in [3.05, 3.63) is 37.2 Å². The fourth-order valence-electron chi connectivity index (χ4n) is 1.30. The summed E-state index contributed by atoms with van der Waals surface area (Å²) in [5, 5.41) is 4.31. The zero-order valence-corrected chi connectivity index (χ0v) is 14.3. The minimum Gasteiger partial charge on any atom is -0.465 e. The van der Waals surface area contributed by atoms with Crippen LogP contribution in [0.25, 0.3) is 0 Å². The zero-order chi connectivity index (χ0) is 14.0. The lowest BCUT2D eigenvalue weighted by Gasteiger charge is -2.08. The molecule has 4 nitrogen and oxygen atoms in total. The van der Waals surface area contributed by atoms with Crippen LogP contribution in [-0.2, 0) is 4.74 Å². The number of nitrogens with one attached hydrogen (secondary N) is 1. The monoisotopic (exact) mass is 424 g/mol. The van der Waals surface area contributed by atoms with Crippen LogP contribution in [0.2, 0.25) is 5.02 Å². The lowest BCUT2D eigenvalue weighted by Crippen LogP contribution is -1.96. The Morgan fingerprint density at radius 3 is 2.63 bits per heavy atom. The van der Waals surface area contributed by atoms with Crippen molar-refractivity contribution < 1.29 is 9.53 Å². The van der Waals surface area contributed by atoms with E-state index in [1.165, 1.54) is 24.6 Å². The highest BCUT2D eigenvalue weighted by molar-refractivity contribution is 9.11. The number of rotatable bonds is 3. The van der Waals surface area contributed by atoms with Crippen LogP contribution in [0.3, 0.4) is 0 Å². The Kier molecular flexibility index (Phi) is 4.83. The summed E-state index contributed by atoms with van der Waals surface area (Å²) in [6.45, 7) is 0. The van der Waals surface area contributed by atoms with Crippen molar-refractivity contribution in [2.45, 2.75) is 0 Å². The molecule has 0 atom stereocenters. The number of hydrogen-bond acceptors (Lipinski definition) is 5. The number of esters is 1. The third kappa shape index (κ3) is 3.47. The fraction of sp³-hybridized carbons (Fsp3) is 0.0909. The molecule has 0 bridgehead atoms. The largest absolute Gasteiger partial charge is 0.465 e. The summed E-state index contributed by atoms with van der Waals surface area (Å²) in [4.78, 5) is 15.9. The second-order valence-electron chi connectivity index (χ2n) is 3.39. The zero-order valence-electron chi connectivity index (χ0n) is 9.54. The van der Waals surface area contributed by atoms with Crippen molar-refractivity contribution in [3.63, 3.8) is 0 Å². The SMILES string of the molecule is COC(=O)c1cnc(Nc2c(Br)cc(Cl)cc2Br)s1. The molecule has 19 heavy (non-hydrogen) atoms. The number of carbonyl (C=O) groups is 1. The number of nitrogens with zero attached hydrogens (tertiary/aromatic N) is 1. The molecule has 0 spiro atoms. The van der Waals surface area contributed by atoms with Gasteiger partial charge in [-0.1, -0.05) is 22.9 Å². The number of carbonyl (C=O) groups excluding carboxylic acids is 1. The van der Waals surface area contributed by atoms with Gasteiger partial charge >= 0.3 is 5.97 Å². The molecular formula is C11H7Br2ClN2O2S. The Balaban J connectivity index is 2.27. The maximum atomic E-state index is 11.3. The lowest BCUT2D eigenvalue weighted by molar-refractivity contribution is 0.0606. The quantitative estimate of drug-likeness (QED) is 0.713. The maximum Gasteiger partial charge on any atom is 0.349 e. The number of ether oxygens (including phenoxy) is 1. The van der Waals surface area contributed by atoms with Crippen LogP contribution in [0.5, 0.6) is 0 Å². The first-order chi connectivity index (χ1) is 9.01. The molecule has 0 saturated heterocycles. The fourth-order valence-corrected chi connectivity index (χ4v) is 3.90. The van der Waals surface area contributed by atoms with E-state index in [2.05, 4.69) is 46.9 Å². The van der Waals surface area contributed by atoms with Gasteiger partial charge in [0.2, 0.25) is 0 Å². The summed E-state index contributed by atoms with van der Waals surface area (Å²) in [6, 6.07) is 3.53. The van der Waals surface area contributed by atoms with Gasteiger partial charge in [-0.15, -0.1) is 0 Å². The third-order valence-corrected chi connectivity index (χ3v) is 4.49. The Labute approximate surface area is 135 Å². The second kappa shape index (κ2) is 6.21. The molecule has 0 aliphatic heterocycles. The maximum absolute atomic E-state index is 11.3. The van der Waals surface area contributed by atoms with Gasteiger partial charge in [0.25, 0.3) is 0 Å². The average Bonchev–Trinajstić information content (AvgIpc) is 2.81. The summed E-state index contributed by atoms with van der Waals surface area (Å²) in [7, 11) is 1.33. The van der Waals surface area contributed by atoms with E-state index in [9.17, 15) is 4.79 Å². The number of benzene rings is 1. The van der Waals surface area contributed by atoms with Gasteiger partial charge in [-0.05, 0) is 44.0 Å². The molecule has 8 heteroatoms. The Morgan fingerprint density at radius 2 is 2.05 bits per heavy atom. The van der Waals surface area contributed by atoms with Crippen molar-refractivity contribution in [2.24, 2.45) is 0 Å². The highest BCUT2D eigenvalue weighted by atomic mass is 79.9. The van der Waals surface area contributed by atoms with E-state index >= 15 is 0 Å². The summed E-state index contributed by atoms with van der Waals surface area (Å²) >= 11 is 14.0. The second-order valence-corrected chi connectivity index (χ2v) is 6.57. The third-order valence-electron chi connectivity index (χ3n) is 2.13. The minimum atomic E-state index is -0.403. The van der Waals surface area contributed by atoms with Gasteiger partial charge in [0.1, 0.15) is 4.88 Å². The van der Waals surface area contributed by atoms with Crippen molar-refractivity contribution in [3.8, 4) is 0 Å². The van der Waals surface area contributed by atoms with Gasteiger partial charge in [-0.25, -0.2) is 9.78 Å². The van der Waals surface area contributed by atoms with Crippen LogP contribution in [0, 0.1) is 0 Å². The number of thiazole rings is 1. The van der Waals surface area contributed by atoms with Crippen molar-refractivity contribution >= 4 is 71.6 Å². The number of aromatic nitrogens is 1. The number of halogens is 3. The van der Waals surface area contributed by atoms with E-state index in [4.69, 9.17) is 11.6 Å². The van der Waals surface area contributed by atoms with Crippen LogP contribution in [-0.4, -0.2) is 18.1 Å². The molecule has 2 aromatic rings. The summed E-state index contributed by atoms with van der Waals surface area (Å²) in [5.41, 5.74) is 0.787. The molecule has 0 unspecified atom stereocenters. The van der Waals surface area contributed by atoms with E-state index in [1.54, 1.807) is 12.1 Å². The molecule has 0 aliphatic rings. The highest BCUT2D eigenvalue weighted by Crippen LogP contribution is 2.36. The van der Waals surface area contributed by atoms with Crippen molar-refractivity contribution in [1.82, 2.24) is 4.98 Å². The van der Waals surface area contributed by atoms with Gasteiger partial charge in [-0.3, -0.25) is 0 Å². The average molecular weight is 427 g/mol. The number of hydrogen-bond donors (Lipinski definition) is 1. The Hall–Kier alpha value is -0.630. The van der Waals surface area contributed by atoms with Crippen molar-refractivity contribution in [1.29, 1.82) is 0 Å². The van der Waals surface area contributed by atoms with Gasteiger partial charge < -0.3 is 10.1 Å². The van der Waals surface area contributed by atoms with Crippen LogP contribution in [0.4, 0.5) is 10.8 Å². The first-order valence-electron chi connectivity index (χ1n) is 4.97. The first kappa shape index (κ1) is 14.8. The topological polar surface area (TPSA) is 51.2 Å². The summed E-state index contributed by atoms with van der Waals surface area (Å²) in [5.74, 6) is -0.403. The molecule has 1 aromatic heterocycles. The van der Waals surface area contributed by atoms with Crippen LogP contribution < -0.4 is 5.32 Å². The molecule has 1 aromatic carbocycles. The van der Waals surface area contributed by atoms with Gasteiger partial charge in [-0.2, -0.15) is 0 Å². The first-order valence-corrected chi connectivity index (χ1v) is 7.75. The van der Waals surface area contributed by atoms with Gasteiger partial charge in [0, 0.05) is 14.0 Å². The number of anilines is 2. The van der Waals surface area contributed by atoms with Gasteiger partial charge in [0.05, 0.1) is 19.0 Å². The highest BCUT2D eigenvalue weighted by Gasteiger charge is 2.13. The van der Waals surface area contributed by atoms with Crippen LogP contribution in [0.15, 0.2) is 27.3 Å². The Morgan fingerprint density at radius 1 is 1.42 bits per heavy atom. The standard InChI is InChI=1S/C11H7Br2ClN2O2S/c1-18-10(17)8-4-15-11(19-8)16-9-6(12)2-5(14)3-7(9)13/h2-4H,1H3,(H,15,16). The summed E-state index contributed by atoms with van der Waals surface area (Å²) in [6.07, 6.45) is 1.47. The molecule has 2 rings (SSSR count). The smallest absolute Gasteiger partial charge is 0.349 e. The normalized spacial score (nSPS) is 10.3. The predicted octanol–water partition coefficient (Wildman–Crippen LogP) is 4.85. The Bertz CT molecular complexity index is 610. The van der Waals surface area contributed by atoms with E-state index < -0.39 is 5.97 Å². The van der Waals surface area contributed by atoms with Crippen molar-refractivity contribution in [2.75, 3.05) is 12.4 Å². The molecule has 1 N–H and O–H groups in total. The van der Waals surface area contributed by atoms with E-state index in [1.807, 2.05) is 0 Å².